The number of halogens is 1. The molecular weight excluding hydrogens is 316 g/mol. The zero-order valence-corrected chi connectivity index (χ0v) is 12.9. The van der Waals surface area contributed by atoms with Gasteiger partial charge >= 0.3 is 0 Å². The van der Waals surface area contributed by atoms with E-state index in [1.165, 1.54) is 25.1 Å². The Kier molecular flexibility index (Phi) is 4.34. The molecule has 1 aromatic heterocycles. The van der Waals surface area contributed by atoms with Gasteiger partial charge in [-0.2, -0.15) is 0 Å². The van der Waals surface area contributed by atoms with Crippen molar-refractivity contribution in [3.63, 3.8) is 0 Å². The molecule has 2 rings (SSSR count). The predicted octanol–water partition coefficient (Wildman–Crippen LogP) is 2.44. The van der Waals surface area contributed by atoms with Gasteiger partial charge in [-0.3, -0.25) is 10.1 Å². The number of hydrogen-bond acceptors (Lipinski definition) is 5. The summed E-state index contributed by atoms with van der Waals surface area (Å²) in [7, 11) is -3.89. The van der Waals surface area contributed by atoms with Gasteiger partial charge in [0.2, 0.25) is 11.8 Å². The largest absolute Gasteiger partial charge is 0.338 e. The van der Waals surface area contributed by atoms with Crippen molar-refractivity contribution in [1.82, 2.24) is 5.16 Å². The minimum Gasteiger partial charge on any atom is -0.338 e. The highest BCUT2D eigenvalue weighted by atomic mass is 35.5. The van der Waals surface area contributed by atoms with Gasteiger partial charge in [-0.1, -0.05) is 28.9 Å². The fourth-order valence-electron chi connectivity index (χ4n) is 1.65. The lowest BCUT2D eigenvalue weighted by atomic mass is 10.4. The van der Waals surface area contributed by atoms with Crippen molar-refractivity contribution in [2.75, 3.05) is 5.32 Å². The first kappa shape index (κ1) is 15.5. The lowest BCUT2D eigenvalue weighted by molar-refractivity contribution is -0.115. The minimum atomic E-state index is -3.89. The lowest BCUT2D eigenvalue weighted by Gasteiger charge is -2.13. The van der Waals surface area contributed by atoms with Gasteiger partial charge in [0.15, 0.2) is 9.84 Å². The summed E-state index contributed by atoms with van der Waals surface area (Å²) in [5, 5.41) is 4.73. The molecule has 0 saturated carbocycles. The van der Waals surface area contributed by atoms with Gasteiger partial charge in [-0.25, -0.2) is 8.42 Å². The van der Waals surface area contributed by atoms with Crippen molar-refractivity contribution in [3.05, 3.63) is 41.0 Å². The van der Waals surface area contributed by atoms with Gasteiger partial charge in [0.1, 0.15) is 5.25 Å². The number of aryl methyl sites for hydroxylation is 1. The molecule has 1 amide bonds. The Morgan fingerprint density at radius 1 is 1.38 bits per heavy atom. The van der Waals surface area contributed by atoms with Crippen LogP contribution in [0.3, 0.4) is 0 Å². The first-order valence-corrected chi connectivity index (χ1v) is 7.97. The van der Waals surface area contributed by atoms with E-state index in [-0.39, 0.29) is 15.8 Å². The Balaban J connectivity index is 2.24. The molecule has 0 aliphatic heterocycles. The van der Waals surface area contributed by atoms with Gasteiger partial charge in [0, 0.05) is 6.07 Å². The average molecular weight is 329 g/mol. The van der Waals surface area contributed by atoms with E-state index >= 15 is 0 Å². The van der Waals surface area contributed by atoms with Crippen LogP contribution in [0.4, 0.5) is 5.88 Å². The van der Waals surface area contributed by atoms with Crippen LogP contribution in [-0.4, -0.2) is 24.7 Å². The van der Waals surface area contributed by atoms with Crippen LogP contribution in [0.15, 0.2) is 39.8 Å². The second-order valence-electron chi connectivity index (χ2n) is 4.44. The SMILES string of the molecule is Cc1cc(NC(=O)[C@H](C)S(=O)(=O)c2ccccc2Cl)on1. The van der Waals surface area contributed by atoms with Crippen LogP contribution in [-0.2, 0) is 14.6 Å². The number of sulfone groups is 1. The molecule has 0 radical (unpaired) electrons. The van der Waals surface area contributed by atoms with Gasteiger partial charge in [-0.15, -0.1) is 0 Å². The number of amides is 1. The molecule has 1 heterocycles. The van der Waals surface area contributed by atoms with Crippen molar-refractivity contribution < 1.29 is 17.7 Å². The lowest BCUT2D eigenvalue weighted by Crippen LogP contribution is -2.32. The molecule has 0 fully saturated rings. The quantitative estimate of drug-likeness (QED) is 0.931. The number of aromatic nitrogens is 1. The maximum absolute atomic E-state index is 12.4. The van der Waals surface area contributed by atoms with Gasteiger partial charge < -0.3 is 4.52 Å². The highest BCUT2D eigenvalue weighted by molar-refractivity contribution is 7.93. The minimum absolute atomic E-state index is 0.0765. The van der Waals surface area contributed by atoms with E-state index in [0.717, 1.165) is 0 Å². The van der Waals surface area contributed by atoms with Crippen LogP contribution in [0.2, 0.25) is 5.02 Å². The number of anilines is 1. The van der Waals surface area contributed by atoms with E-state index in [1.54, 1.807) is 19.1 Å². The summed E-state index contributed by atoms with van der Waals surface area (Å²) < 4.78 is 29.6. The predicted molar refractivity (Wildman–Crippen MR) is 78.0 cm³/mol. The van der Waals surface area contributed by atoms with Gasteiger partial charge in [0.25, 0.3) is 0 Å². The number of benzene rings is 1. The first-order chi connectivity index (χ1) is 9.82. The number of nitrogens with zero attached hydrogens (tertiary/aromatic N) is 1. The number of carbonyl (C=O) groups is 1. The van der Waals surface area contributed by atoms with Crippen molar-refractivity contribution in [1.29, 1.82) is 0 Å². The van der Waals surface area contributed by atoms with Crippen LogP contribution in [0.5, 0.6) is 0 Å². The molecule has 6 nitrogen and oxygen atoms in total. The summed E-state index contributed by atoms with van der Waals surface area (Å²) in [4.78, 5) is 12.0. The van der Waals surface area contributed by atoms with Gasteiger partial charge in [0.05, 0.1) is 15.6 Å². The van der Waals surface area contributed by atoms with E-state index in [4.69, 9.17) is 16.1 Å². The third kappa shape index (κ3) is 3.25. The summed E-state index contributed by atoms with van der Waals surface area (Å²) in [6, 6.07) is 7.47. The summed E-state index contributed by atoms with van der Waals surface area (Å²) in [5.41, 5.74) is 0.576. The molecule has 1 atom stereocenters. The number of rotatable bonds is 4. The molecule has 0 unspecified atom stereocenters. The Morgan fingerprint density at radius 2 is 2.05 bits per heavy atom. The molecule has 1 N–H and O–H groups in total. The maximum atomic E-state index is 12.4. The monoisotopic (exact) mass is 328 g/mol. The highest BCUT2D eigenvalue weighted by Gasteiger charge is 2.31. The zero-order valence-electron chi connectivity index (χ0n) is 11.3. The van der Waals surface area contributed by atoms with Crippen LogP contribution in [0, 0.1) is 6.92 Å². The Labute approximate surface area is 127 Å². The highest BCUT2D eigenvalue weighted by Crippen LogP contribution is 2.25. The van der Waals surface area contributed by atoms with Crippen LogP contribution < -0.4 is 5.32 Å². The van der Waals surface area contributed by atoms with Crippen LogP contribution >= 0.6 is 11.6 Å². The maximum Gasteiger partial charge on any atom is 0.245 e. The zero-order chi connectivity index (χ0) is 15.6. The van der Waals surface area contributed by atoms with Crippen molar-refractivity contribution >= 4 is 33.2 Å². The fourth-order valence-corrected chi connectivity index (χ4v) is 3.44. The molecule has 21 heavy (non-hydrogen) atoms. The summed E-state index contributed by atoms with van der Waals surface area (Å²) in [6.07, 6.45) is 0. The summed E-state index contributed by atoms with van der Waals surface area (Å²) in [5.74, 6) is -0.621. The molecule has 112 valence electrons. The van der Waals surface area contributed by atoms with E-state index in [9.17, 15) is 13.2 Å². The summed E-state index contributed by atoms with van der Waals surface area (Å²) in [6.45, 7) is 2.97. The molecule has 0 saturated heterocycles. The summed E-state index contributed by atoms with van der Waals surface area (Å²) >= 11 is 5.88. The second-order valence-corrected chi connectivity index (χ2v) is 7.08. The Morgan fingerprint density at radius 3 is 2.62 bits per heavy atom. The molecular formula is C13H13ClN2O4S. The van der Waals surface area contributed by atoms with E-state index in [2.05, 4.69) is 10.5 Å². The molecule has 2 aromatic rings. The Hall–Kier alpha value is -1.86. The molecule has 0 spiro atoms. The number of carbonyl (C=O) groups excluding carboxylic acids is 1. The number of nitrogens with one attached hydrogen (secondary N) is 1. The van der Waals surface area contributed by atoms with Crippen LogP contribution in [0.1, 0.15) is 12.6 Å². The molecule has 1 aromatic carbocycles. The molecule has 0 aliphatic carbocycles. The normalized spacial score (nSPS) is 12.9. The van der Waals surface area contributed by atoms with Crippen molar-refractivity contribution in [2.24, 2.45) is 0 Å². The number of hydrogen-bond donors (Lipinski definition) is 1. The molecule has 8 heteroatoms. The second kappa shape index (κ2) is 5.87. The van der Waals surface area contributed by atoms with E-state index < -0.39 is 21.0 Å². The van der Waals surface area contributed by atoms with Gasteiger partial charge in [-0.05, 0) is 26.0 Å². The average Bonchev–Trinajstić information content (AvgIpc) is 2.83. The van der Waals surface area contributed by atoms with Crippen LogP contribution in [0.25, 0.3) is 0 Å². The molecule has 0 aliphatic rings. The van der Waals surface area contributed by atoms with Crippen molar-refractivity contribution in [3.8, 4) is 0 Å². The smallest absolute Gasteiger partial charge is 0.245 e. The Bertz CT molecular complexity index is 770. The fraction of sp³-hybridized carbons (Fsp3) is 0.231. The third-order valence-corrected chi connectivity index (χ3v) is 5.41. The molecule has 0 bridgehead atoms. The van der Waals surface area contributed by atoms with E-state index in [0.29, 0.717) is 5.69 Å². The van der Waals surface area contributed by atoms with E-state index in [1.807, 2.05) is 0 Å². The topological polar surface area (TPSA) is 89.3 Å². The third-order valence-electron chi connectivity index (χ3n) is 2.85. The van der Waals surface area contributed by atoms with Crippen molar-refractivity contribution in [2.45, 2.75) is 24.0 Å². The standard InChI is InChI=1S/C13H13ClN2O4S/c1-8-7-12(20-16-8)15-13(17)9(2)21(18,19)11-6-4-3-5-10(11)14/h3-7,9H,1-2H3,(H,15,17)/t9-/m0/s1. The first-order valence-electron chi connectivity index (χ1n) is 6.05.